The average molecular weight is 258 g/mol. The Labute approximate surface area is 102 Å². The van der Waals surface area contributed by atoms with Crippen molar-refractivity contribution in [1.82, 2.24) is 9.29 Å². The molecule has 17 heavy (non-hydrogen) atoms. The van der Waals surface area contributed by atoms with Gasteiger partial charge in [-0.3, -0.25) is 0 Å². The lowest BCUT2D eigenvalue weighted by molar-refractivity contribution is 0.277. The molecule has 1 aliphatic heterocycles. The molecule has 0 unspecified atom stereocenters. The SMILES string of the molecule is CC1CCN(S(=O)(=O)c2c[nH]c(CO)c2)CC1. The molecule has 1 aromatic heterocycles. The van der Waals surface area contributed by atoms with E-state index >= 15 is 0 Å². The topological polar surface area (TPSA) is 73.4 Å². The molecule has 0 aliphatic carbocycles. The van der Waals surface area contributed by atoms with E-state index in [4.69, 9.17) is 5.11 Å². The third-order valence-corrected chi connectivity index (χ3v) is 5.14. The van der Waals surface area contributed by atoms with E-state index in [1.807, 2.05) is 0 Å². The van der Waals surface area contributed by atoms with Crippen LogP contribution in [0.5, 0.6) is 0 Å². The Morgan fingerprint density at radius 3 is 2.65 bits per heavy atom. The summed E-state index contributed by atoms with van der Waals surface area (Å²) in [6.07, 6.45) is 3.27. The summed E-state index contributed by atoms with van der Waals surface area (Å²) >= 11 is 0. The van der Waals surface area contributed by atoms with Crippen LogP contribution in [0.1, 0.15) is 25.5 Å². The summed E-state index contributed by atoms with van der Waals surface area (Å²) in [5.41, 5.74) is 0.522. The second kappa shape index (κ2) is 4.80. The molecule has 0 amide bonds. The number of hydrogen-bond acceptors (Lipinski definition) is 3. The van der Waals surface area contributed by atoms with Crippen molar-refractivity contribution in [3.8, 4) is 0 Å². The number of piperidine rings is 1. The van der Waals surface area contributed by atoms with Crippen LogP contribution >= 0.6 is 0 Å². The summed E-state index contributed by atoms with van der Waals surface area (Å²) in [5, 5.41) is 8.92. The van der Waals surface area contributed by atoms with E-state index in [0.29, 0.717) is 24.7 Å². The first-order valence-corrected chi connectivity index (χ1v) is 7.26. The fourth-order valence-corrected chi connectivity index (χ4v) is 3.52. The van der Waals surface area contributed by atoms with E-state index in [-0.39, 0.29) is 11.5 Å². The summed E-state index contributed by atoms with van der Waals surface area (Å²) in [6, 6.07) is 1.49. The lowest BCUT2D eigenvalue weighted by Gasteiger charge is -2.28. The summed E-state index contributed by atoms with van der Waals surface area (Å²) in [5.74, 6) is 0.598. The molecule has 1 fully saturated rings. The number of sulfonamides is 1. The molecule has 2 N–H and O–H groups in total. The van der Waals surface area contributed by atoms with Crippen molar-refractivity contribution >= 4 is 10.0 Å². The zero-order valence-electron chi connectivity index (χ0n) is 9.89. The summed E-state index contributed by atoms with van der Waals surface area (Å²) in [4.78, 5) is 3.00. The minimum Gasteiger partial charge on any atom is -0.390 e. The summed E-state index contributed by atoms with van der Waals surface area (Å²) in [7, 11) is -3.38. The van der Waals surface area contributed by atoms with Crippen molar-refractivity contribution < 1.29 is 13.5 Å². The van der Waals surface area contributed by atoms with E-state index < -0.39 is 10.0 Å². The van der Waals surface area contributed by atoms with Gasteiger partial charge < -0.3 is 10.1 Å². The van der Waals surface area contributed by atoms with Crippen LogP contribution in [0.15, 0.2) is 17.2 Å². The van der Waals surface area contributed by atoms with Gasteiger partial charge in [0.2, 0.25) is 10.0 Å². The van der Waals surface area contributed by atoms with Gasteiger partial charge in [0.1, 0.15) is 0 Å². The Kier molecular flexibility index (Phi) is 3.56. The van der Waals surface area contributed by atoms with Gasteiger partial charge in [0, 0.05) is 25.0 Å². The molecular formula is C11H18N2O3S. The van der Waals surface area contributed by atoms with E-state index in [1.165, 1.54) is 16.6 Å². The second-order valence-corrected chi connectivity index (χ2v) is 6.54. The van der Waals surface area contributed by atoms with E-state index in [9.17, 15) is 8.42 Å². The van der Waals surface area contributed by atoms with E-state index in [1.54, 1.807) is 0 Å². The number of H-pyrrole nitrogens is 1. The van der Waals surface area contributed by atoms with Gasteiger partial charge in [0.05, 0.1) is 11.5 Å². The van der Waals surface area contributed by atoms with Crippen molar-refractivity contribution in [1.29, 1.82) is 0 Å². The molecule has 96 valence electrons. The van der Waals surface area contributed by atoms with Crippen molar-refractivity contribution in [2.45, 2.75) is 31.3 Å². The van der Waals surface area contributed by atoms with Gasteiger partial charge in [0.15, 0.2) is 0 Å². The zero-order valence-corrected chi connectivity index (χ0v) is 10.7. The maximum atomic E-state index is 12.2. The van der Waals surface area contributed by atoms with Crippen LogP contribution in [0, 0.1) is 5.92 Å². The fourth-order valence-electron chi connectivity index (χ4n) is 2.03. The Hall–Kier alpha value is -0.850. The van der Waals surface area contributed by atoms with Crippen molar-refractivity contribution in [3.05, 3.63) is 18.0 Å². The Morgan fingerprint density at radius 1 is 1.47 bits per heavy atom. The molecule has 0 atom stereocenters. The number of aliphatic hydroxyl groups is 1. The molecule has 0 radical (unpaired) electrons. The molecule has 0 saturated carbocycles. The number of rotatable bonds is 3. The highest BCUT2D eigenvalue weighted by atomic mass is 32.2. The minimum atomic E-state index is -3.38. The predicted octanol–water partition coefficient (Wildman–Crippen LogP) is 0.928. The molecule has 0 bridgehead atoms. The number of nitrogens with zero attached hydrogens (tertiary/aromatic N) is 1. The van der Waals surface area contributed by atoms with Crippen molar-refractivity contribution in [2.75, 3.05) is 13.1 Å². The average Bonchev–Trinajstić information content (AvgIpc) is 2.78. The fraction of sp³-hybridized carbons (Fsp3) is 0.636. The monoisotopic (exact) mass is 258 g/mol. The Balaban J connectivity index is 2.18. The first-order valence-electron chi connectivity index (χ1n) is 5.82. The third-order valence-electron chi connectivity index (χ3n) is 3.27. The standard InChI is InChI=1S/C11H18N2O3S/c1-9-2-4-13(5-3-9)17(15,16)11-6-10(8-14)12-7-11/h6-7,9,12,14H,2-5,8H2,1H3. The molecule has 1 aliphatic rings. The van der Waals surface area contributed by atoms with Crippen LogP contribution in [0.4, 0.5) is 0 Å². The van der Waals surface area contributed by atoms with Crippen molar-refractivity contribution in [3.63, 3.8) is 0 Å². The normalized spacial score (nSPS) is 19.6. The summed E-state index contributed by atoms with van der Waals surface area (Å²) < 4.78 is 26.0. The molecule has 2 heterocycles. The molecule has 6 heteroatoms. The van der Waals surface area contributed by atoms with Gasteiger partial charge in [-0.2, -0.15) is 4.31 Å². The molecule has 1 aromatic rings. The quantitative estimate of drug-likeness (QED) is 0.847. The number of aromatic amines is 1. The lowest BCUT2D eigenvalue weighted by Crippen LogP contribution is -2.37. The van der Waals surface area contributed by atoms with Crippen LogP contribution in [-0.4, -0.2) is 35.9 Å². The number of hydrogen-bond donors (Lipinski definition) is 2. The molecule has 0 spiro atoms. The zero-order chi connectivity index (χ0) is 12.5. The first-order chi connectivity index (χ1) is 8.04. The highest BCUT2D eigenvalue weighted by molar-refractivity contribution is 7.89. The summed E-state index contributed by atoms with van der Waals surface area (Å²) in [6.45, 7) is 3.14. The molecule has 5 nitrogen and oxygen atoms in total. The van der Waals surface area contributed by atoms with Crippen LogP contribution < -0.4 is 0 Å². The van der Waals surface area contributed by atoms with Crippen LogP contribution in [-0.2, 0) is 16.6 Å². The van der Waals surface area contributed by atoms with Crippen LogP contribution in [0.2, 0.25) is 0 Å². The van der Waals surface area contributed by atoms with Crippen molar-refractivity contribution in [2.24, 2.45) is 5.92 Å². The van der Waals surface area contributed by atoms with Gasteiger partial charge in [-0.1, -0.05) is 6.92 Å². The third kappa shape index (κ3) is 2.53. The Morgan fingerprint density at radius 2 is 2.12 bits per heavy atom. The molecule has 2 rings (SSSR count). The van der Waals surface area contributed by atoms with Crippen LogP contribution in [0.3, 0.4) is 0 Å². The van der Waals surface area contributed by atoms with Gasteiger partial charge in [0.25, 0.3) is 0 Å². The van der Waals surface area contributed by atoms with Gasteiger partial charge in [-0.25, -0.2) is 8.42 Å². The van der Waals surface area contributed by atoms with Gasteiger partial charge >= 0.3 is 0 Å². The van der Waals surface area contributed by atoms with Crippen LogP contribution in [0.25, 0.3) is 0 Å². The molecule has 0 aromatic carbocycles. The number of aliphatic hydroxyl groups excluding tert-OH is 1. The maximum Gasteiger partial charge on any atom is 0.244 e. The minimum absolute atomic E-state index is 0.174. The smallest absolute Gasteiger partial charge is 0.244 e. The number of nitrogens with one attached hydrogen (secondary N) is 1. The second-order valence-electron chi connectivity index (χ2n) is 4.61. The number of aromatic nitrogens is 1. The molecule has 1 saturated heterocycles. The highest BCUT2D eigenvalue weighted by Crippen LogP contribution is 2.23. The predicted molar refractivity (Wildman–Crippen MR) is 63.9 cm³/mol. The lowest BCUT2D eigenvalue weighted by atomic mass is 10.0. The van der Waals surface area contributed by atoms with E-state index in [2.05, 4.69) is 11.9 Å². The maximum absolute atomic E-state index is 12.2. The molecular weight excluding hydrogens is 240 g/mol. The largest absolute Gasteiger partial charge is 0.390 e. The Bertz CT molecular complexity index is 473. The first kappa shape index (κ1) is 12.6. The highest BCUT2D eigenvalue weighted by Gasteiger charge is 2.28. The van der Waals surface area contributed by atoms with Gasteiger partial charge in [-0.05, 0) is 24.8 Å². The van der Waals surface area contributed by atoms with E-state index in [0.717, 1.165) is 12.8 Å². The van der Waals surface area contributed by atoms with Gasteiger partial charge in [-0.15, -0.1) is 0 Å².